The van der Waals surface area contributed by atoms with Crippen molar-refractivity contribution in [3.63, 3.8) is 0 Å². The molecule has 2 N–H and O–H groups in total. The number of nitrogens with zero attached hydrogens (tertiary/aromatic N) is 1. The first-order valence-electron chi connectivity index (χ1n) is 6.57. The molecule has 1 aliphatic rings. The van der Waals surface area contributed by atoms with Gasteiger partial charge in [-0.2, -0.15) is 0 Å². The van der Waals surface area contributed by atoms with Crippen molar-refractivity contribution in [1.82, 2.24) is 0 Å². The molecule has 18 heavy (non-hydrogen) atoms. The van der Waals surface area contributed by atoms with Crippen LogP contribution in [0.1, 0.15) is 31.7 Å². The third-order valence-corrected chi connectivity index (χ3v) is 4.12. The Morgan fingerprint density at radius 1 is 1.44 bits per heavy atom. The highest BCUT2D eigenvalue weighted by atomic mass is 16.6. The van der Waals surface area contributed by atoms with E-state index in [0.29, 0.717) is 18.3 Å². The van der Waals surface area contributed by atoms with E-state index in [9.17, 15) is 10.1 Å². The lowest BCUT2D eigenvalue weighted by Gasteiger charge is -2.23. The van der Waals surface area contributed by atoms with E-state index in [0.717, 1.165) is 12.0 Å². The summed E-state index contributed by atoms with van der Waals surface area (Å²) in [5, 5.41) is 11.0. The fourth-order valence-corrected chi connectivity index (χ4v) is 3.08. The maximum atomic E-state index is 11.0. The van der Waals surface area contributed by atoms with Crippen LogP contribution in [0, 0.1) is 22.0 Å². The van der Waals surface area contributed by atoms with Gasteiger partial charge >= 0.3 is 0 Å². The summed E-state index contributed by atoms with van der Waals surface area (Å²) in [6.45, 7) is 2.23. The van der Waals surface area contributed by atoms with Gasteiger partial charge in [-0.25, -0.2) is 0 Å². The summed E-state index contributed by atoms with van der Waals surface area (Å²) in [6, 6.07) is 6.94. The summed E-state index contributed by atoms with van der Waals surface area (Å²) in [5.41, 5.74) is 7.20. The van der Waals surface area contributed by atoms with Gasteiger partial charge in [-0.15, -0.1) is 0 Å². The van der Waals surface area contributed by atoms with Crippen molar-refractivity contribution in [2.75, 3.05) is 0 Å². The quantitative estimate of drug-likeness (QED) is 0.658. The first-order chi connectivity index (χ1) is 8.59. The van der Waals surface area contributed by atoms with Crippen LogP contribution in [0.3, 0.4) is 0 Å². The lowest BCUT2D eigenvalue weighted by Crippen LogP contribution is -2.33. The molecule has 1 saturated carbocycles. The van der Waals surface area contributed by atoms with Gasteiger partial charge in [0.25, 0.3) is 5.69 Å². The average Bonchev–Trinajstić information content (AvgIpc) is 2.76. The van der Waals surface area contributed by atoms with Crippen LogP contribution < -0.4 is 5.73 Å². The molecule has 1 fully saturated rings. The Kier molecular flexibility index (Phi) is 3.97. The lowest BCUT2D eigenvalue weighted by molar-refractivity contribution is -0.385. The Labute approximate surface area is 107 Å². The number of benzene rings is 1. The lowest BCUT2D eigenvalue weighted by atomic mass is 9.87. The standard InChI is InChI=1S/C14H20N2O2/c1-10-5-4-7-12(10)13(15)9-11-6-2-3-8-14(11)16(17)18/h2-3,6,8,10,12-13H,4-5,7,9,15H2,1H3. The van der Waals surface area contributed by atoms with Crippen LogP contribution in [0.25, 0.3) is 0 Å². The number of hydrogen-bond donors (Lipinski definition) is 1. The number of para-hydroxylation sites is 1. The zero-order valence-corrected chi connectivity index (χ0v) is 10.7. The van der Waals surface area contributed by atoms with Crippen molar-refractivity contribution in [2.24, 2.45) is 17.6 Å². The fraction of sp³-hybridized carbons (Fsp3) is 0.571. The van der Waals surface area contributed by atoms with Crippen molar-refractivity contribution >= 4 is 5.69 Å². The molecular weight excluding hydrogens is 228 g/mol. The van der Waals surface area contributed by atoms with Gasteiger partial charge in [0.2, 0.25) is 0 Å². The molecule has 0 bridgehead atoms. The van der Waals surface area contributed by atoms with Crippen LogP contribution in [-0.4, -0.2) is 11.0 Å². The number of hydrogen-bond acceptors (Lipinski definition) is 3. The first kappa shape index (κ1) is 13.0. The van der Waals surface area contributed by atoms with Crippen LogP contribution >= 0.6 is 0 Å². The predicted octanol–water partition coefficient (Wildman–Crippen LogP) is 2.90. The molecule has 4 heteroatoms. The molecule has 98 valence electrons. The predicted molar refractivity (Wildman–Crippen MR) is 71.3 cm³/mol. The minimum atomic E-state index is -0.319. The second-order valence-electron chi connectivity index (χ2n) is 5.33. The molecule has 1 aromatic rings. The van der Waals surface area contributed by atoms with E-state index in [1.807, 2.05) is 12.1 Å². The molecule has 0 amide bonds. The molecule has 3 atom stereocenters. The molecule has 0 saturated heterocycles. The summed E-state index contributed by atoms with van der Waals surface area (Å²) >= 11 is 0. The molecule has 1 aromatic carbocycles. The molecule has 2 rings (SSSR count). The number of nitro groups is 1. The molecule has 0 aliphatic heterocycles. The zero-order chi connectivity index (χ0) is 13.1. The minimum absolute atomic E-state index is 0.0311. The Hall–Kier alpha value is -1.42. The zero-order valence-electron chi connectivity index (χ0n) is 10.7. The molecule has 0 radical (unpaired) electrons. The molecule has 4 nitrogen and oxygen atoms in total. The Morgan fingerprint density at radius 2 is 2.17 bits per heavy atom. The van der Waals surface area contributed by atoms with E-state index in [1.54, 1.807) is 12.1 Å². The van der Waals surface area contributed by atoms with Crippen molar-refractivity contribution in [3.8, 4) is 0 Å². The summed E-state index contributed by atoms with van der Waals surface area (Å²) in [4.78, 5) is 10.6. The maximum absolute atomic E-state index is 11.0. The van der Waals surface area contributed by atoms with Crippen LogP contribution in [-0.2, 0) is 6.42 Å². The number of nitrogens with two attached hydrogens (primary N) is 1. The van der Waals surface area contributed by atoms with Gasteiger partial charge in [0.1, 0.15) is 0 Å². The second-order valence-corrected chi connectivity index (χ2v) is 5.33. The monoisotopic (exact) mass is 248 g/mol. The highest BCUT2D eigenvalue weighted by Gasteiger charge is 2.29. The SMILES string of the molecule is CC1CCCC1C(N)Cc1ccccc1[N+](=O)[O-]. The molecule has 0 spiro atoms. The van der Waals surface area contributed by atoms with E-state index in [1.165, 1.54) is 12.8 Å². The third kappa shape index (κ3) is 2.70. The van der Waals surface area contributed by atoms with Crippen LogP contribution in [0.4, 0.5) is 5.69 Å². The van der Waals surface area contributed by atoms with Crippen molar-refractivity contribution in [2.45, 2.75) is 38.6 Å². The Balaban J connectivity index is 2.11. The van der Waals surface area contributed by atoms with Crippen molar-refractivity contribution < 1.29 is 4.92 Å². The highest BCUT2D eigenvalue weighted by Crippen LogP contribution is 2.34. The number of rotatable bonds is 4. The van der Waals surface area contributed by atoms with Gasteiger partial charge in [-0.3, -0.25) is 10.1 Å². The maximum Gasteiger partial charge on any atom is 0.272 e. The Morgan fingerprint density at radius 3 is 2.78 bits per heavy atom. The van der Waals surface area contributed by atoms with E-state index in [2.05, 4.69) is 6.92 Å². The average molecular weight is 248 g/mol. The van der Waals surface area contributed by atoms with E-state index >= 15 is 0 Å². The number of nitro benzene ring substituents is 1. The smallest absolute Gasteiger partial charge is 0.272 e. The molecular formula is C14H20N2O2. The summed E-state index contributed by atoms with van der Waals surface area (Å²) < 4.78 is 0. The van der Waals surface area contributed by atoms with E-state index in [-0.39, 0.29) is 16.7 Å². The highest BCUT2D eigenvalue weighted by molar-refractivity contribution is 5.40. The first-order valence-corrected chi connectivity index (χ1v) is 6.57. The Bertz CT molecular complexity index is 434. The molecule has 3 unspecified atom stereocenters. The van der Waals surface area contributed by atoms with Gasteiger partial charge in [0, 0.05) is 17.7 Å². The van der Waals surface area contributed by atoms with Gasteiger partial charge < -0.3 is 5.73 Å². The largest absolute Gasteiger partial charge is 0.327 e. The summed E-state index contributed by atoms with van der Waals surface area (Å²) in [7, 11) is 0. The van der Waals surface area contributed by atoms with Gasteiger partial charge in [0.05, 0.1) is 4.92 Å². The van der Waals surface area contributed by atoms with Crippen LogP contribution in [0.15, 0.2) is 24.3 Å². The normalized spacial score (nSPS) is 25.0. The summed E-state index contributed by atoms with van der Waals surface area (Å²) in [5.74, 6) is 1.15. The van der Waals surface area contributed by atoms with Crippen LogP contribution in [0.2, 0.25) is 0 Å². The van der Waals surface area contributed by atoms with Crippen molar-refractivity contribution in [1.29, 1.82) is 0 Å². The van der Waals surface area contributed by atoms with Crippen molar-refractivity contribution in [3.05, 3.63) is 39.9 Å². The van der Waals surface area contributed by atoms with Gasteiger partial charge in [0.15, 0.2) is 0 Å². The van der Waals surface area contributed by atoms with Gasteiger partial charge in [-0.1, -0.05) is 38.0 Å². The topological polar surface area (TPSA) is 69.2 Å². The molecule has 0 aromatic heterocycles. The van der Waals surface area contributed by atoms with Gasteiger partial charge in [-0.05, 0) is 24.7 Å². The molecule has 1 aliphatic carbocycles. The second kappa shape index (κ2) is 5.48. The molecule has 0 heterocycles. The minimum Gasteiger partial charge on any atom is -0.327 e. The van der Waals surface area contributed by atoms with E-state index < -0.39 is 0 Å². The fourth-order valence-electron chi connectivity index (χ4n) is 3.08. The van der Waals surface area contributed by atoms with E-state index in [4.69, 9.17) is 5.73 Å². The summed E-state index contributed by atoms with van der Waals surface area (Å²) in [6.07, 6.45) is 4.22. The van der Waals surface area contributed by atoms with Crippen LogP contribution in [0.5, 0.6) is 0 Å². The third-order valence-electron chi connectivity index (χ3n) is 4.12.